The third-order valence-corrected chi connectivity index (χ3v) is 3.99. The molecule has 0 atom stereocenters. The highest BCUT2D eigenvalue weighted by Gasteiger charge is 2.22. The number of nitrogens with zero attached hydrogens (tertiary/aromatic N) is 1. The molecule has 1 amide bonds. The van der Waals surface area contributed by atoms with E-state index >= 15 is 0 Å². The van der Waals surface area contributed by atoms with Crippen LogP contribution in [0.3, 0.4) is 0 Å². The first-order chi connectivity index (χ1) is 10.3. The van der Waals surface area contributed by atoms with Gasteiger partial charge in [0.25, 0.3) is 5.56 Å². The number of pyridine rings is 1. The Bertz CT molecular complexity index is 578. The first-order valence-corrected chi connectivity index (χ1v) is 7.97. The van der Waals surface area contributed by atoms with E-state index in [1.54, 1.807) is 37.5 Å². The molecule has 0 aliphatic heterocycles. The first kappa shape index (κ1) is 16.6. The smallest absolute Gasteiger partial charge is 0.412 e. The predicted molar refractivity (Wildman–Crippen MR) is 87.2 cm³/mol. The highest BCUT2D eigenvalue weighted by molar-refractivity contribution is 5.84. The van der Waals surface area contributed by atoms with E-state index in [1.165, 1.54) is 0 Å². The fourth-order valence-corrected chi connectivity index (χ4v) is 2.83. The Kier molecular flexibility index (Phi) is 4.94. The fourth-order valence-electron chi connectivity index (χ4n) is 2.83. The maximum absolute atomic E-state index is 12.5. The van der Waals surface area contributed by atoms with Crippen molar-refractivity contribution in [2.24, 2.45) is 5.92 Å². The van der Waals surface area contributed by atoms with Crippen LogP contribution in [0.2, 0.25) is 0 Å². The van der Waals surface area contributed by atoms with E-state index in [4.69, 9.17) is 4.74 Å². The highest BCUT2D eigenvalue weighted by Crippen LogP contribution is 2.30. The summed E-state index contributed by atoms with van der Waals surface area (Å²) in [5.41, 5.74) is -0.472. The minimum absolute atomic E-state index is 0.159. The lowest BCUT2D eigenvalue weighted by Crippen LogP contribution is -2.32. The number of nitrogens with one attached hydrogen (secondary N) is 1. The summed E-state index contributed by atoms with van der Waals surface area (Å²) in [5, 5.41) is 2.56. The Morgan fingerprint density at radius 1 is 1.27 bits per heavy atom. The number of amides is 1. The van der Waals surface area contributed by atoms with Gasteiger partial charge < -0.3 is 9.30 Å². The number of hydrogen-bond donors (Lipinski definition) is 1. The maximum atomic E-state index is 12.5. The van der Waals surface area contributed by atoms with Gasteiger partial charge in [0.15, 0.2) is 0 Å². The van der Waals surface area contributed by atoms with E-state index in [-0.39, 0.29) is 17.3 Å². The van der Waals surface area contributed by atoms with E-state index in [2.05, 4.69) is 12.2 Å². The summed E-state index contributed by atoms with van der Waals surface area (Å²) in [5.74, 6) is 0.732. The van der Waals surface area contributed by atoms with E-state index in [9.17, 15) is 9.59 Å². The molecule has 0 unspecified atom stereocenters. The highest BCUT2D eigenvalue weighted by atomic mass is 16.6. The quantitative estimate of drug-likeness (QED) is 0.900. The van der Waals surface area contributed by atoms with Crippen molar-refractivity contribution < 1.29 is 9.53 Å². The second kappa shape index (κ2) is 6.55. The van der Waals surface area contributed by atoms with Crippen LogP contribution in [0.1, 0.15) is 59.4 Å². The molecule has 5 nitrogen and oxygen atoms in total. The van der Waals surface area contributed by atoms with Crippen molar-refractivity contribution in [1.29, 1.82) is 0 Å². The number of anilines is 1. The summed E-state index contributed by atoms with van der Waals surface area (Å²) >= 11 is 0. The molecule has 1 saturated carbocycles. The van der Waals surface area contributed by atoms with Crippen LogP contribution in [0.5, 0.6) is 0 Å². The largest absolute Gasteiger partial charge is 0.444 e. The van der Waals surface area contributed by atoms with Gasteiger partial charge >= 0.3 is 6.09 Å². The van der Waals surface area contributed by atoms with Crippen molar-refractivity contribution in [3.05, 3.63) is 28.7 Å². The number of ether oxygens (including phenoxy) is 1. The van der Waals surface area contributed by atoms with Crippen molar-refractivity contribution in [1.82, 2.24) is 4.57 Å². The minimum Gasteiger partial charge on any atom is -0.444 e. The molecular formula is C17H26N2O3. The molecule has 1 N–H and O–H groups in total. The summed E-state index contributed by atoms with van der Waals surface area (Å²) in [7, 11) is 0. The molecule has 0 aromatic carbocycles. The number of aromatic nitrogens is 1. The molecule has 0 radical (unpaired) electrons. The zero-order valence-electron chi connectivity index (χ0n) is 13.9. The summed E-state index contributed by atoms with van der Waals surface area (Å²) in [6.45, 7) is 7.62. The number of carbonyl (C=O) groups excluding carboxylic acids is 1. The molecular weight excluding hydrogens is 280 g/mol. The Labute approximate surface area is 131 Å². The second-order valence-corrected chi connectivity index (χ2v) is 7.17. The van der Waals surface area contributed by atoms with Crippen LogP contribution < -0.4 is 10.9 Å². The molecule has 1 aliphatic rings. The number of carbonyl (C=O) groups is 1. The van der Waals surface area contributed by atoms with Gasteiger partial charge in [-0.2, -0.15) is 0 Å². The summed E-state index contributed by atoms with van der Waals surface area (Å²) in [6.07, 6.45) is 5.51. The number of hydrogen-bond acceptors (Lipinski definition) is 3. The standard InChI is InChI=1S/C17H26N2O3/c1-12-7-9-13(10-8-12)19-11-5-6-14(15(19)20)18-16(21)22-17(2,3)4/h5-6,11-13H,7-10H2,1-4H3,(H,18,21). The normalized spacial score (nSPS) is 22.2. The Hall–Kier alpha value is -1.78. The molecule has 2 rings (SSSR count). The predicted octanol–water partition coefficient (Wildman–Crippen LogP) is 3.95. The average Bonchev–Trinajstić information content (AvgIpc) is 2.40. The average molecular weight is 306 g/mol. The van der Waals surface area contributed by atoms with Gasteiger partial charge in [0.05, 0.1) is 0 Å². The van der Waals surface area contributed by atoms with Gasteiger partial charge in [0.1, 0.15) is 11.3 Å². The Morgan fingerprint density at radius 3 is 2.50 bits per heavy atom. The molecule has 0 spiro atoms. The monoisotopic (exact) mass is 306 g/mol. The fraction of sp³-hybridized carbons (Fsp3) is 0.647. The molecule has 5 heteroatoms. The van der Waals surface area contributed by atoms with Crippen LogP contribution in [-0.4, -0.2) is 16.3 Å². The van der Waals surface area contributed by atoms with Crippen LogP contribution in [0.4, 0.5) is 10.5 Å². The maximum Gasteiger partial charge on any atom is 0.412 e. The van der Waals surface area contributed by atoms with Gasteiger partial charge in [-0.3, -0.25) is 10.1 Å². The Balaban J connectivity index is 2.12. The molecule has 1 heterocycles. The summed E-state index contributed by atoms with van der Waals surface area (Å²) in [4.78, 5) is 24.4. The molecule has 1 aliphatic carbocycles. The molecule has 1 fully saturated rings. The zero-order chi connectivity index (χ0) is 16.3. The van der Waals surface area contributed by atoms with Crippen molar-refractivity contribution in [3.8, 4) is 0 Å². The molecule has 0 saturated heterocycles. The van der Waals surface area contributed by atoms with E-state index < -0.39 is 11.7 Å². The van der Waals surface area contributed by atoms with Gasteiger partial charge in [-0.25, -0.2) is 4.79 Å². The second-order valence-electron chi connectivity index (χ2n) is 7.17. The molecule has 1 aromatic heterocycles. The SMILES string of the molecule is CC1CCC(n2cccc(NC(=O)OC(C)(C)C)c2=O)CC1. The van der Waals surface area contributed by atoms with Gasteiger partial charge in [0.2, 0.25) is 0 Å². The lowest BCUT2D eigenvalue weighted by Gasteiger charge is -2.28. The first-order valence-electron chi connectivity index (χ1n) is 7.97. The van der Waals surface area contributed by atoms with E-state index in [0.29, 0.717) is 0 Å². The van der Waals surface area contributed by atoms with Crippen molar-refractivity contribution in [3.63, 3.8) is 0 Å². The van der Waals surface area contributed by atoms with Crippen molar-refractivity contribution in [2.75, 3.05) is 5.32 Å². The van der Waals surface area contributed by atoms with Gasteiger partial charge in [-0.05, 0) is 64.5 Å². The van der Waals surface area contributed by atoms with Gasteiger partial charge in [0, 0.05) is 12.2 Å². The van der Waals surface area contributed by atoms with Crippen LogP contribution in [0.15, 0.2) is 23.1 Å². The topological polar surface area (TPSA) is 60.3 Å². The van der Waals surface area contributed by atoms with Gasteiger partial charge in [-0.15, -0.1) is 0 Å². The van der Waals surface area contributed by atoms with Crippen molar-refractivity contribution in [2.45, 2.75) is 65.0 Å². The molecule has 22 heavy (non-hydrogen) atoms. The molecule has 122 valence electrons. The van der Waals surface area contributed by atoms with Crippen molar-refractivity contribution >= 4 is 11.8 Å². The lowest BCUT2D eigenvalue weighted by atomic mass is 9.87. The Morgan fingerprint density at radius 2 is 1.91 bits per heavy atom. The van der Waals surface area contributed by atoms with Crippen LogP contribution in [-0.2, 0) is 4.74 Å². The molecule has 0 bridgehead atoms. The summed E-state index contributed by atoms with van der Waals surface area (Å²) < 4.78 is 6.95. The third kappa shape index (κ3) is 4.36. The van der Waals surface area contributed by atoms with E-state index in [1.807, 2.05) is 6.20 Å². The minimum atomic E-state index is -0.598. The van der Waals surface area contributed by atoms with Crippen LogP contribution >= 0.6 is 0 Å². The number of rotatable bonds is 2. The van der Waals surface area contributed by atoms with Crippen LogP contribution in [0, 0.1) is 5.92 Å². The van der Waals surface area contributed by atoms with Crippen LogP contribution in [0.25, 0.3) is 0 Å². The lowest BCUT2D eigenvalue weighted by molar-refractivity contribution is 0.0635. The van der Waals surface area contributed by atoms with Gasteiger partial charge in [-0.1, -0.05) is 6.92 Å². The zero-order valence-corrected chi connectivity index (χ0v) is 13.9. The third-order valence-electron chi connectivity index (χ3n) is 3.99. The summed E-state index contributed by atoms with van der Waals surface area (Å²) in [6, 6.07) is 3.64. The molecule has 1 aromatic rings. The van der Waals surface area contributed by atoms with E-state index in [0.717, 1.165) is 31.6 Å².